The fourth-order valence-corrected chi connectivity index (χ4v) is 3.48. The number of thioether (sulfide) groups is 1. The highest BCUT2D eigenvalue weighted by atomic mass is 35.5. The summed E-state index contributed by atoms with van der Waals surface area (Å²) in [7, 11) is 0. The van der Waals surface area contributed by atoms with E-state index in [1.165, 1.54) is 0 Å². The van der Waals surface area contributed by atoms with Crippen LogP contribution in [0.2, 0.25) is 10.0 Å². The maximum absolute atomic E-state index is 9.14. The van der Waals surface area contributed by atoms with Crippen molar-refractivity contribution in [2.75, 3.05) is 5.32 Å². The Hall–Kier alpha value is -2.53. The number of aromatic nitrogens is 4. The van der Waals surface area contributed by atoms with Crippen LogP contribution in [-0.2, 0) is 5.75 Å². The molecule has 0 saturated heterocycles. The molecule has 26 heavy (non-hydrogen) atoms. The number of nitriles is 1. The summed E-state index contributed by atoms with van der Waals surface area (Å²) in [6.07, 6.45) is 1.54. The van der Waals surface area contributed by atoms with Gasteiger partial charge in [0.05, 0.1) is 0 Å². The molecule has 9 heteroatoms. The van der Waals surface area contributed by atoms with Crippen molar-refractivity contribution < 1.29 is 0 Å². The number of halogens is 2. The van der Waals surface area contributed by atoms with Crippen molar-refractivity contribution in [1.29, 1.82) is 5.26 Å². The minimum absolute atomic E-state index is 0.243. The average Bonchev–Trinajstić information content (AvgIpc) is 3.17. The van der Waals surface area contributed by atoms with E-state index in [9.17, 15) is 0 Å². The lowest BCUT2D eigenvalue weighted by Gasteiger charge is -2.06. The molecule has 0 atom stereocenters. The van der Waals surface area contributed by atoms with Crippen LogP contribution >= 0.6 is 35.0 Å². The Balaban J connectivity index is 1.61. The standard InChI is InChI=1S/C17H12Cl2N6S/c18-13-2-1-11(16(19)7-13)10-26-15-5-3-14(4-6-15)21-9-12(8-20)17-22-24-25-23-17/h1-7,9,21H,10H2,(H,22,23,24,25). The fourth-order valence-electron chi connectivity index (χ4n) is 2.03. The van der Waals surface area contributed by atoms with E-state index in [1.807, 2.05) is 42.5 Å². The second-order valence-corrected chi connectivity index (χ2v) is 6.99. The van der Waals surface area contributed by atoms with Gasteiger partial charge in [0.25, 0.3) is 0 Å². The van der Waals surface area contributed by atoms with E-state index >= 15 is 0 Å². The molecule has 0 aliphatic heterocycles. The third kappa shape index (κ3) is 4.76. The first-order chi connectivity index (χ1) is 12.7. The van der Waals surface area contributed by atoms with E-state index in [-0.39, 0.29) is 11.4 Å². The molecule has 1 heterocycles. The van der Waals surface area contributed by atoms with Crippen molar-refractivity contribution >= 4 is 46.2 Å². The molecule has 0 radical (unpaired) electrons. The number of allylic oxidation sites excluding steroid dienone is 1. The zero-order chi connectivity index (χ0) is 18.4. The van der Waals surface area contributed by atoms with Gasteiger partial charge in [-0.15, -0.1) is 22.0 Å². The molecule has 0 spiro atoms. The summed E-state index contributed by atoms with van der Waals surface area (Å²) in [6, 6.07) is 15.4. The SMILES string of the molecule is N#CC(=CNc1ccc(SCc2ccc(Cl)cc2Cl)cc1)c1nn[nH]n1. The van der Waals surface area contributed by atoms with Gasteiger partial charge in [-0.25, -0.2) is 0 Å². The molecule has 6 nitrogen and oxygen atoms in total. The number of H-pyrrole nitrogens is 1. The minimum atomic E-state index is 0.243. The van der Waals surface area contributed by atoms with Gasteiger partial charge in [-0.3, -0.25) is 0 Å². The molecule has 0 saturated carbocycles. The van der Waals surface area contributed by atoms with Gasteiger partial charge in [-0.1, -0.05) is 29.3 Å². The second kappa shape index (κ2) is 8.72. The van der Waals surface area contributed by atoms with Crippen LogP contribution in [0.15, 0.2) is 53.6 Å². The number of nitrogens with zero attached hydrogens (tertiary/aromatic N) is 4. The van der Waals surface area contributed by atoms with Crippen molar-refractivity contribution in [2.24, 2.45) is 0 Å². The summed E-state index contributed by atoms with van der Waals surface area (Å²) in [4.78, 5) is 1.10. The van der Waals surface area contributed by atoms with Crippen LogP contribution in [-0.4, -0.2) is 20.6 Å². The van der Waals surface area contributed by atoms with Gasteiger partial charge in [-0.05, 0) is 47.2 Å². The van der Waals surface area contributed by atoms with Gasteiger partial charge < -0.3 is 5.32 Å². The molecule has 0 unspecified atom stereocenters. The number of nitrogens with one attached hydrogen (secondary N) is 2. The van der Waals surface area contributed by atoms with Crippen molar-refractivity contribution in [1.82, 2.24) is 20.6 Å². The van der Waals surface area contributed by atoms with Crippen LogP contribution in [0, 0.1) is 11.3 Å². The molecular weight excluding hydrogens is 391 g/mol. The van der Waals surface area contributed by atoms with E-state index in [0.29, 0.717) is 10.0 Å². The van der Waals surface area contributed by atoms with Crippen LogP contribution in [0.5, 0.6) is 0 Å². The molecule has 2 aromatic carbocycles. The maximum atomic E-state index is 9.14. The summed E-state index contributed by atoms with van der Waals surface area (Å²) in [5, 5.41) is 26.8. The highest BCUT2D eigenvalue weighted by molar-refractivity contribution is 7.98. The van der Waals surface area contributed by atoms with Crippen molar-refractivity contribution in [3.05, 3.63) is 70.1 Å². The van der Waals surface area contributed by atoms with Gasteiger partial charge in [-0.2, -0.15) is 10.5 Å². The minimum Gasteiger partial charge on any atom is -0.360 e. The number of aromatic amines is 1. The lowest BCUT2D eigenvalue weighted by molar-refractivity contribution is 0.881. The number of anilines is 1. The summed E-state index contributed by atoms with van der Waals surface area (Å²) in [6.45, 7) is 0. The lowest BCUT2D eigenvalue weighted by atomic mass is 10.2. The molecule has 2 N–H and O–H groups in total. The molecule has 3 rings (SSSR count). The van der Waals surface area contributed by atoms with E-state index in [0.717, 1.165) is 21.9 Å². The second-order valence-electron chi connectivity index (χ2n) is 5.10. The first-order valence-corrected chi connectivity index (χ1v) is 9.17. The summed E-state index contributed by atoms with van der Waals surface area (Å²) < 4.78 is 0. The zero-order valence-electron chi connectivity index (χ0n) is 13.3. The third-order valence-electron chi connectivity index (χ3n) is 3.35. The first-order valence-electron chi connectivity index (χ1n) is 7.43. The Kier molecular flexibility index (Phi) is 6.12. The molecule has 0 amide bonds. The number of rotatable bonds is 6. The van der Waals surface area contributed by atoms with Gasteiger partial charge in [0.2, 0.25) is 5.82 Å². The van der Waals surface area contributed by atoms with E-state index in [2.05, 4.69) is 25.9 Å². The summed E-state index contributed by atoms with van der Waals surface area (Å²) >= 11 is 13.8. The first kappa shape index (κ1) is 18.3. The number of benzene rings is 2. The van der Waals surface area contributed by atoms with Crippen LogP contribution in [0.25, 0.3) is 5.57 Å². The highest BCUT2D eigenvalue weighted by Crippen LogP contribution is 2.29. The van der Waals surface area contributed by atoms with Crippen molar-refractivity contribution in [2.45, 2.75) is 10.6 Å². The van der Waals surface area contributed by atoms with Gasteiger partial charge in [0.1, 0.15) is 11.6 Å². The quantitative estimate of drug-likeness (QED) is 0.455. The van der Waals surface area contributed by atoms with E-state index in [1.54, 1.807) is 24.0 Å². The summed E-state index contributed by atoms with van der Waals surface area (Å²) in [5.41, 5.74) is 2.16. The number of hydrogen-bond acceptors (Lipinski definition) is 6. The Morgan fingerprint density at radius 3 is 2.69 bits per heavy atom. The van der Waals surface area contributed by atoms with E-state index < -0.39 is 0 Å². The van der Waals surface area contributed by atoms with Gasteiger partial charge >= 0.3 is 0 Å². The van der Waals surface area contributed by atoms with Crippen LogP contribution in [0.1, 0.15) is 11.4 Å². The predicted molar refractivity (Wildman–Crippen MR) is 104 cm³/mol. The van der Waals surface area contributed by atoms with Crippen LogP contribution < -0.4 is 5.32 Å². The topological polar surface area (TPSA) is 90.3 Å². The van der Waals surface area contributed by atoms with Gasteiger partial charge in [0.15, 0.2) is 0 Å². The zero-order valence-corrected chi connectivity index (χ0v) is 15.6. The highest BCUT2D eigenvalue weighted by Gasteiger charge is 2.06. The van der Waals surface area contributed by atoms with Crippen molar-refractivity contribution in [3.8, 4) is 6.07 Å². The van der Waals surface area contributed by atoms with E-state index in [4.69, 9.17) is 28.5 Å². The molecule has 3 aromatic rings. The molecule has 0 fully saturated rings. The lowest BCUT2D eigenvalue weighted by Crippen LogP contribution is -1.93. The molecule has 130 valence electrons. The number of tetrazole rings is 1. The molecule has 0 aliphatic rings. The van der Waals surface area contributed by atoms with Crippen molar-refractivity contribution in [3.63, 3.8) is 0 Å². The monoisotopic (exact) mass is 402 g/mol. The largest absolute Gasteiger partial charge is 0.360 e. The average molecular weight is 403 g/mol. The molecule has 0 aliphatic carbocycles. The number of hydrogen-bond donors (Lipinski definition) is 2. The Bertz CT molecular complexity index is 948. The Labute approximate surface area is 164 Å². The Morgan fingerprint density at radius 2 is 2.04 bits per heavy atom. The Morgan fingerprint density at radius 1 is 1.23 bits per heavy atom. The smallest absolute Gasteiger partial charge is 0.216 e. The van der Waals surface area contributed by atoms with Crippen LogP contribution in [0.3, 0.4) is 0 Å². The maximum Gasteiger partial charge on any atom is 0.216 e. The van der Waals surface area contributed by atoms with Gasteiger partial charge in [0, 0.05) is 32.6 Å². The summed E-state index contributed by atoms with van der Waals surface area (Å²) in [5.74, 6) is 0.992. The molecular formula is C17H12Cl2N6S. The molecule has 0 bridgehead atoms. The van der Waals surface area contributed by atoms with Crippen LogP contribution in [0.4, 0.5) is 5.69 Å². The fraction of sp³-hybridized carbons (Fsp3) is 0.0588. The predicted octanol–water partition coefficient (Wildman–Crippen LogP) is 4.78. The molecule has 1 aromatic heterocycles. The normalized spacial score (nSPS) is 11.2. The third-order valence-corrected chi connectivity index (χ3v) is 5.00.